The number of imidazole rings is 1. The number of aryl methyl sites for hydroxylation is 1. The summed E-state index contributed by atoms with van der Waals surface area (Å²) in [7, 11) is 0. The van der Waals surface area contributed by atoms with Gasteiger partial charge in [0.15, 0.2) is 17.0 Å². The van der Waals surface area contributed by atoms with Crippen molar-refractivity contribution < 1.29 is 4.74 Å². The highest BCUT2D eigenvalue weighted by molar-refractivity contribution is 5.86. The van der Waals surface area contributed by atoms with Crippen molar-refractivity contribution >= 4 is 27.8 Å². The fraction of sp³-hybridized carbons (Fsp3) is 0.286. The number of pyridine rings is 1. The molecule has 1 aliphatic heterocycles. The van der Waals surface area contributed by atoms with Gasteiger partial charge in [0.2, 0.25) is 0 Å². The van der Waals surface area contributed by atoms with Crippen LogP contribution in [0.25, 0.3) is 27.6 Å². The van der Waals surface area contributed by atoms with Gasteiger partial charge in [-0.2, -0.15) is 0 Å². The molecule has 8 nitrogen and oxygen atoms in total. The number of rotatable bonds is 5. The largest absolute Gasteiger partial charge is 0.360 e. The highest BCUT2D eigenvalue weighted by Crippen LogP contribution is 2.30. The molecule has 5 aromatic rings. The first-order valence-corrected chi connectivity index (χ1v) is 12.4. The van der Waals surface area contributed by atoms with Crippen molar-refractivity contribution in [1.82, 2.24) is 24.1 Å². The Bertz CT molecular complexity index is 1600. The predicted molar refractivity (Wildman–Crippen MR) is 140 cm³/mol. The monoisotopic (exact) mass is 480 g/mol. The molecule has 1 aliphatic rings. The van der Waals surface area contributed by atoms with Crippen LogP contribution in [0.1, 0.15) is 49.7 Å². The molecule has 1 N–H and O–H groups in total. The maximum absolute atomic E-state index is 13.8. The first-order valence-electron chi connectivity index (χ1n) is 12.4. The van der Waals surface area contributed by atoms with Crippen molar-refractivity contribution in [3.05, 3.63) is 88.9 Å². The predicted octanol–water partition coefficient (Wildman–Crippen LogP) is 5.31. The van der Waals surface area contributed by atoms with Crippen molar-refractivity contribution in [1.29, 1.82) is 0 Å². The van der Waals surface area contributed by atoms with E-state index in [2.05, 4.69) is 26.3 Å². The molecule has 0 saturated carbocycles. The summed E-state index contributed by atoms with van der Waals surface area (Å²) in [5.41, 5.74) is 4.01. The standard InChI is InChI=1S/C28H28N6O2/c1-18-9-8-10-20-15-22(34(28(35)24(18)20)21-11-4-3-5-12-21)19(2)32-26-25-27(30-16-29-26)33(17-31-25)23-13-6-7-14-36-23/h3-5,8-12,15-17,19,23H,6-7,13-14H2,1-2H3,(H,29,30,32)/t19-,23?/m0/s1. The number of benzene rings is 2. The second-order valence-electron chi connectivity index (χ2n) is 9.32. The molecule has 2 atom stereocenters. The van der Waals surface area contributed by atoms with Crippen LogP contribution in [0.15, 0.2) is 72.0 Å². The van der Waals surface area contributed by atoms with E-state index in [0.29, 0.717) is 11.3 Å². The normalized spacial score (nSPS) is 16.9. The van der Waals surface area contributed by atoms with Gasteiger partial charge in [0.25, 0.3) is 5.56 Å². The molecule has 0 aliphatic carbocycles. The molecule has 4 heterocycles. The molecular formula is C28H28N6O2. The summed E-state index contributed by atoms with van der Waals surface area (Å²) >= 11 is 0. The van der Waals surface area contributed by atoms with E-state index >= 15 is 0 Å². The first kappa shape index (κ1) is 22.4. The molecule has 36 heavy (non-hydrogen) atoms. The lowest BCUT2D eigenvalue weighted by Gasteiger charge is -2.24. The number of aromatic nitrogens is 5. The van der Waals surface area contributed by atoms with Gasteiger partial charge in [0.05, 0.1) is 17.8 Å². The third-order valence-electron chi connectivity index (χ3n) is 6.92. The molecule has 1 fully saturated rings. The molecule has 6 rings (SSSR count). The zero-order valence-corrected chi connectivity index (χ0v) is 20.4. The number of nitrogens with one attached hydrogen (secondary N) is 1. The van der Waals surface area contributed by atoms with Gasteiger partial charge >= 0.3 is 0 Å². The van der Waals surface area contributed by atoms with Crippen LogP contribution in [-0.2, 0) is 4.74 Å². The summed E-state index contributed by atoms with van der Waals surface area (Å²) in [5.74, 6) is 0.624. The second kappa shape index (κ2) is 9.20. The molecule has 1 saturated heterocycles. The number of fused-ring (bicyclic) bond motifs is 2. The Balaban J connectivity index is 1.44. The summed E-state index contributed by atoms with van der Waals surface area (Å²) in [6.07, 6.45) is 6.41. The molecule has 1 unspecified atom stereocenters. The van der Waals surface area contributed by atoms with Crippen LogP contribution in [-0.4, -0.2) is 30.7 Å². The zero-order chi connectivity index (χ0) is 24.6. The minimum absolute atomic E-state index is 0.0352. The van der Waals surface area contributed by atoms with Gasteiger partial charge < -0.3 is 10.1 Å². The lowest BCUT2D eigenvalue weighted by molar-refractivity contribution is -0.0298. The summed E-state index contributed by atoms with van der Waals surface area (Å²) in [4.78, 5) is 27.4. The Morgan fingerprint density at radius 3 is 2.72 bits per heavy atom. The Morgan fingerprint density at radius 1 is 1.06 bits per heavy atom. The summed E-state index contributed by atoms with van der Waals surface area (Å²) in [6.45, 7) is 4.76. The number of hydrogen-bond donors (Lipinski definition) is 1. The third kappa shape index (κ3) is 3.83. The maximum Gasteiger partial charge on any atom is 0.263 e. The highest BCUT2D eigenvalue weighted by Gasteiger charge is 2.22. The number of nitrogens with zero attached hydrogens (tertiary/aromatic N) is 5. The minimum Gasteiger partial charge on any atom is -0.360 e. The number of anilines is 1. The van der Waals surface area contributed by atoms with E-state index in [4.69, 9.17) is 4.74 Å². The molecule has 0 bridgehead atoms. The van der Waals surface area contributed by atoms with E-state index in [1.165, 1.54) is 0 Å². The van der Waals surface area contributed by atoms with E-state index in [-0.39, 0.29) is 17.8 Å². The maximum atomic E-state index is 13.8. The van der Waals surface area contributed by atoms with Crippen LogP contribution in [0.3, 0.4) is 0 Å². The van der Waals surface area contributed by atoms with Crippen LogP contribution in [0.2, 0.25) is 0 Å². The van der Waals surface area contributed by atoms with Crippen LogP contribution in [0.5, 0.6) is 0 Å². The average Bonchev–Trinajstić information content (AvgIpc) is 3.35. The lowest BCUT2D eigenvalue weighted by Crippen LogP contribution is -2.26. The molecule has 2 aromatic carbocycles. The summed E-state index contributed by atoms with van der Waals surface area (Å²) in [5, 5.41) is 5.16. The van der Waals surface area contributed by atoms with Crippen LogP contribution < -0.4 is 10.9 Å². The fourth-order valence-corrected chi connectivity index (χ4v) is 5.11. The quantitative estimate of drug-likeness (QED) is 0.367. The Kier molecular flexibility index (Phi) is 5.73. The molecule has 0 radical (unpaired) electrons. The van der Waals surface area contributed by atoms with Crippen molar-refractivity contribution in [3.8, 4) is 5.69 Å². The van der Waals surface area contributed by atoms with Gasteiger partial charge in [0.1, 0.15) is 12.6 Å². The number of ether oxygens (including phenoxy) is 1. The fourth-order valence-electron chi connectivity index (χ4n) is 5.11. The van der Waals surface area contributed by atoms with Crippen LogP contribution in [0, 0.1) is 6.92 Å². The van der Waals surface area contributed by atoms with Gasteiger partial charge in [-0.15, -0.1) is 0 Å². The number of para-hydroxylation sites is 1. The Hall–Kier alpha value is -4.04. The van der Waals surface area contributed by atoms with E-state index in [9.17, 15) is 4.79 Å². The average molecular weight is 481 g/mol. The van der Waals surface area contributed by atoms with Crippen LogP contribution >= 0.6 is 0 Å². The molecule has 3 aromatic heterocycles. The molecule has 0 spiro atoms. The van der Waals surface area contributed by atoms with Crippen molar-refractivity contribution in [2.45, 2.75) is 45.4 Å². The zero-order valence-electron chi connectivity index (χ0n) is 20.4. The van der Waals surface area contributed by atoms with Crippen molar-refractivity contribution in [2.75, 3.05) is 11.9 Å². The van der Waals surface area contributed by atoms with Gasteiger partial charge in [-0.1, -0.05) is 36.4 Å². The molecule has 0 amide bonds. The van der Waals surface area contributed by atoms with Crippen molar-refractivity contribution in [3.63, 3.8) is 0 Å². The Labute approximate surface area is 208 Å². The SMILES string of the molecule is Cc1cccc2cc([C@H](C)Nc3ncnc4c3ncn4C3CCCCO3)n(-c3ccccc3)c(=O)c12. The van der Waals surface area contributed by atoms with Gasteiger partial charge in [-0.25, -0.2) is 15.0 Å². The van der Waals surface area contributed by atoms with E-state index in [1.807, 2.05) is 66.9 Å². The van der Waals surface area contributed by atoms with Gasteiger partial charge in [0, 0.05) is 18.0 Å². The summed E-state index contributed by atoms with van der Waals surface area (Å²) < 4.78 is 9.74. The van der Waals surface area contributed by atoms with E-state index in [0.717, 1.165) is 59.2 Å². The van der Waals surface area contributed by atoms with E-state index in [1.54, 1.807) is 17.2 Å². The second-order valence-corrected chi connectivity index (χ2v) is 9.32. The lowest BCUT2D eigenvalue weighted by atomic mass is 10.0. The van der Waals surface area contributed by atoms with Gasteiger partial charge in [-0.3, -0.25) is 13.9 Å². The first-order chi connectivity index (χ1) is 17.6. The van der Waals surface area contributed by atoms with Crippen molar-refractivity contribution in [2.24, 2.45) is 0 Å². The van der Waals surface area contributed by atoms with Gasteiger partial charge in [-0.05, 0) is 62.3 Å². The van der Waals surface area contributed by atoms with E-state index < -0.39 is 0 Å². The Morgan fingerprint density at radius 2 is 1.92 bits per heavy atom. The third-order valence-corrected chi connectivity index (χ3v) is 6.92. The highest BCUT2D eigenvalue weighted by atomic mass is 16.5. The number of hydrogen-bond acceptors (Lipinski definition) is 6. The summed E-state index contributed by atoms with van der Waals surface area (Å²) in [6, 6.07) is 17.5. The molecule has 182 valence electrons. The minimum atomic E-state index is -0.239. The van der Waals surface area contributed by atoms with Crippen LogP contribution in [0.4, 0.5) is 5.82 Å². The molecule has 8 heteroatoms. The smallest absolute Gasteiger partial charge is 0.263 e. The topological polar surface area (TPSA) is 86.9 Å². The molecular weight excluding hydrogens is 452 g/mol.